The Morgan fingerprint density at radius 3 is 2.69 bits per heavy atom. The maximum Gasteiger partial charge on any atom is 0.158 e. The fourth-order valence-electron chi connectivity index (χ4n) is 1.26. The van der Waals surface area contributed by atoms with Crippen LogP contribution in [0.15, 0.2) is 16.7 Å². The van der Waals surface area contributed by atoms with Crippen molar-refractivity contribution in [2.24, 2.45) is 0 Å². The van der Waals surface area contributed by atoms with Gasteiger partial charge in [-0.05, 0) is 12.5 Å². The number of hydrogen-bond acceptors (Lipinski definition) is 1. The highest BCUT2D eigenvalue weighted by molar-refractivity contribution is 6.35. The van der Waals surface area contributed by atoms with E-state index < -0.39 is 11.6 Å². The van der Waals surface area contributed by atoms with Crippen LogP contribution < -0.4 is 0 Å². The molecule has 0 saturated carbocycles. The fourth-order valence-corrected chi connectivity index (χ4v) is 1.45. The van der Waals surface area contributed by atoms with E-state index in [1.165, 1.54) is 6.26 Å². The summed E-state index contributed by atoms with van der Waals surface area (Å²) in [5.74, 6) is -1.45. The third-order valence-electron chi connectivity index (χ3n) is 1.88. The number of furan rings is 1. The quantitative estimate of drug-likeness (QED) is 0.594. The van der Waals surface area contributed by atoms with Gasteiger partial charge in [-0.1, -0.05) is 11.6 Å². The predicted octanol–water partition coefficient (Wildman–Crippen LogP) is 3.67. The van der Waals surface area contributed by atoms with E-state index >= 15 is 0 Å². The molecule has 2 aromatic rings. The summed E-state index contributed by atoms with van der Waals surface area (Å²) in [6.45, 7) is 1.67. The third-order valence-corrected chi connectivity index (χ3v) is 2.23. The normalized spacial score (nSPS) is 11.1. The lowest BCUT2D eigenvalue weighted by Gasteiger charge is -1.97. The zero-order valence-electron chi connectivity index (χ0n) is 6.70. The highest BCUT2D eigenvalue weighted by atomic mass is 35.5. The van der Waals surface area contributed by atoms with Crippen LogP contribution in [0.2, 0.25) is 5.02 Å². The highest BCUT2D eigenvalue weighted by Crippen LogP contribution is 2.31. The Balaban J connectivity index is 2.99. The highest BCUT2D eigenvalue weighted by Gasteiger charge is 2.15. The first-order chi connectivity index (χ1) is 6.11. The summed E-state index contributed by atoms with van der Waals surface area (Å²) in [5, 5.41) is 0.0656. The van der Waals surface area contributed by atoms with E-state index in [4.69, 9.17) is 16.0 Å². The smallest absolute Gasteiger partial charge is 0.158 e. The average Bonchev–Trinajstić information content (AvgIpc) is 2.44. The van der Waals surface area contributed by atoms with Gasteiger partial charge in [-0.2, -0.15) is 0 Å². The molecular formula is C9H5ClF2O. The van der Waals surface area contributed by atoms with E-state index in [2.05, 4.69) is 0 Å². The van der Waals surface area contributed by atoms with Crippen LogP contribution in [0.5, 0.6) is 0 Å². The molecule has 1 aromatic heterocycles. The van der Waals surface area contributed by atoms with Crippen LogP contribution in [0.3, 0.4) is 0 Å². The molecule has 0 N–H and O–H groups in total. The maximum absolute atomic E-state index is 13.2. The van der Waals surface area contributed by atoms with Gasteiger partial charge in [0.1, 0.15) is 16.7 Å². The summed E-state index contributed by atoms with van der Waals surface area (Å²) >= 11 is 5.58. The second-order valence-electron chi connectivity index (χ2n) is 2.78. The molecule has 4 heteroatoms. The number of hydrogen-bond donors (Lipinski definition) is 0. The van der Waals surface area contributed by atoms with Crippen LogP contribution in [0, 0.1) is 18.6 Å². The van der Waals surface area contributed by atoms with Crippen molar-refractivity contribution < 1.29 is 13.2 Å². The molecule has 0 amide bonds. The predicted molar refractivity (Wildman–Crippen MR) is 45.9 cm³/mol. The Morgan fingerprint density at radius 1 is 1.31 bits per heavy atom. The first-order valence-electron chi connectivity index (χ1n) is 3.62. The van der Waals surface area contributed by atoms with Crippen LogP contribution in [0.4, 0.5) is 8.78 Å². The lowest BCUT2D eigenvalue weighted by molar-refractivity contribution is 0.577. The van der Waals surface area contributed by atoms with Crippen molar-refractivity contribution in [2.75, 3.05) is 0 Å². The van der Waals surface area contributed by atoms with Crippen molar-refractivity contribution in [1.82, 2.24) is 0 Å². The Kier molecular flexibility index (Phi) is 1.77. The lowest BCUT2D eigenvalue weighted by Crippen LogP contribution is -1.83. The zero-order chi connectivity index (χ0) is 9.59. The molecule has 0 aliphatic heterocycles. The second-order valence-corrected chi connectivity index (χ2v) is 3.15. The van der Waals surface area contributed by atoms with Crippen molar-refractivity contribution in [3.63, 3.8) is 0 Å². The van der Waals surface area contributed by atoms with Crippen molar-refractivity contribution in [2.45, 2.75) is 6.92 Å². The second kappa shape index (κ2) is 2.70. The van der Waals surface area contributed by atoms with Crippen molar-refractivity contribution in [3.8, 4) is 0 Å². The van der Waals surface area contributed by atoms with Gasteiger partial charge in [-0.3, -0.25) is 0 Å². The fraction of sp³-hybridized carbons (Fsp3) is 0.111. The summed E-state index contributed by atoms with van der Waals surface area (Å²) in [5.41, 5.74) is 0.672. The molecule has 0 saturated heterocycles. The summed E-state index contributed by atoms with van der Waals surface area (Å²) in [4.78, 5) is 0. The lowest BCUT2D eigenvalue weighted by atomic mass is 10.2. The average molecular weight is 203 g/mol. The standard InChI is InChI=1S/C9H5ClF2O/c1-4-3-13-9-7(4)5(11)2-6(12)8(9)10/h2-3H,1H3. The molecule has 0 radical (unpaired) electrons. The van der Waals surface area contributed by atoms with E-state index in [1.807, 2.05) is 0 Å². The van der Waals surface area contributed by atoms with Crippen molar-refractivity contribution >= 4 is 22.6 Å². The van der Waals surface area contributed by atoms with Crippen LogP contribution in [-0.4, -0.2) is 0 Å². The van der Waals surface area contributed by atoms with Gasteiger partial charge >= 0.3 is 0 Å². The van der Waals surface area contributed by atoms with Crippen LogP contribution in [-0.2, 0) is 0 Å². The van der Waals surface area contributed by atoms with E-state index in [9.17, 15) is 8.78 Å². The summed E-state index contributed by atoms with van der Waals surface area (Å²) < 4.78 is 31.0. The van der Waals surface area contributed by atoms with Gasteiger partial charge < -0.3 is 4.42 Å². The van der Waals surface area contributed by atoms with E-state index in [-0.39, 0.29) is 16.0 Å². The molecule has 2 rings (SSSR count). The molecular weight excluding hydrogens is 198 g/mol. The van der Waals surface area contributed by atoms with Gasteiger partial charge in [-0.15, -0.1) is 0 Å². The Bertz CT molecular complexity index is 476. The number of fused-ring (bicyclic) bond motifs is 1. The number of halogens is 3. The Labute approximate surface area is 77.9 Å². The first-order valence-corrected chi connectivity index (χ1v) is 4.00. The van der Waals surface area contributed by atoms with Crippen LogP contribution >= 0.6 is 11.6 Å². The molecule has 0 fully saturated rings. The van der Waals surface area contributed by atoms with E-state index in [1.54, 1.807) is 6.92 Å². The van der Waals surface area contributed by atoms with Gasteiger partial charge in [0, 0.05) is 6.07 Å². The Hall–Kier alpha value is -1.09. The Morgan fingerprint density at radius 2 is 2.00 bits per heavy atom. The topological polar surface area (TPSA) is 13.1 Å². The molecule has 0 unspecified atom stereocenters. The molecule has 0 aliphatic rings. The van der Waals surface area contributed by atoms with Gasteiger partial charge in [0.15, 0.2) is 5.58 Å². The van der Waals surface area contributed by atoms with Crippen LogP contribution in [0.1, 0.15) is 5.56 Å². The summed E-state index contributed by atoms with van der Waals surface area (Å²) in [6.07, 6.45) is 1.35. The maximum atomic E-state index is 13.2. The van der Waals surface area contributed by atoms with Crippen molar-refractivity contribution in [1.29, 1.82) is 0 Å². The molecule has 13 heavy (non-hydrogen) atoms. The summed E-state index contributed by atoms with van der Waals surface area (Å²) in [6, 6.07) is 0.757. The summed E-state index contributed by atoms with van der Waals surface area (Å²) in [7, 11) is 0. The molecule has 0 spiro atoms. The van der Waals surface area contributed by atoms with E-state index in [0.29, 0.717) is 5.56 Å². The minimum absolute atomic E-state index is 0.0664. The number of benzene rings is 1. The molecule has 0 atom stereocenters. The van der Waals surface area contributed by atoms with Gasteiger partial charge in [0.2, 0.25) is 0 Å². The zero-order valence-corrected chi connectivity index (χ0v) is 7.45. The largest absolute Gasteiger partial charge is 0.462 e. The SMILES string of the molecule is Cc1coc2c(Cl)c(F)cc(F)c12. The third kappa shape index (κ3) is 1.11. The van der Waals surface area contributed by atoms with Crippen molar-refractivity contribution in [3.05, 3.63) is 34.6 Å². The van der Waals surface area contributed by atoms with Gasteiger partial charge in [0.25, 0.3) is 0 Å². The van der Waals surface area contributed by atoms with Crippen LogP contribution in [0.25, 0.3) is 11.0 Å². The first kappa shape index (κ1) is 8.51. The number of aryl methyl sites for hydroxylation is 1. The van der Waals surface area contributed by atoms with E-state index in [0.717, 1.165) is 6.07 Å². The minimum Gasteiger partial charge on any atom is -0.462 e. The molecule has 68 valence electrons. The monoisotopic (exact) mass is 202 g/mol. The minimum atomic E-state index is -0.805. The molecule has 1 heterocycles. The van der Waals surface area contributed by atoms with Gasteiger partial charge in [0.05, 0.1) is 11.6 Å². The molecule has 1 nitrogen and oxygen atoms in total. The number of rotatable bonds is 0. The molecule has 0 aliphatic carbocycles. The molecule has 1 aromatic carbocycles. The van der Waals surface area contributed by atoms with Gasteiger partial charge in [-0.25, -0.2) is 8.78 Å². The molecule has 0 bridgehead atoms.